The molecule has 0 aromatic carbocycles. The Kier molecular flexibility index (Phi) is 4.97. The van der Waals surface area contributed by atoms with Crippen molar-refractivity contribution in [3.63, 3.8) is 0 Å². The van der Waals surface area contributed by atoms with Crippen molar-refractivity contribution in [1.29, 1.82) is 0 Å². The largest absolute Gasteiger partial charge is 0.481 e. The first-order chi connectivity index (χ1) is 9.12. The van der Waals surface area contributed by atoms with Gasteiger partial charge < -0.3 is 20.6 Å². The average Bonchev–Trinajstić information content (AvgIpc) is 2.29. The Morgan fingerprint density at radius 3 is 2.60 bits per heavy atom. The maximum atomic E-state index is 12.2. The molecule has 2 atom stereocenters. The van der Waals surface area contributed by atoms with Gasteiger partial charge in [-0.25, -0.2) is 4.79 Å². The lowest BCUT2D eigenvalue weighted by atomic mass is 9.88. The van der Waals surface area contributed by atoms with Gasteiger partial charge in [0.1, 0.15) is 6.04 Å². The highest BCUT2D eigenvalue weighted by molar-refractivity contribution is 5.91. The standard InChI is InChI=1S/C13H23N3O4/c1-8(13(2,3)4)15-12(20)16-6-5-14-11(19)9(16)7-10(17)18/h8-9H,5-7H2,1-4H3,(H,14,19)(H,15,20)(H,17,18). The summed E-state index contributed by atoms with van der Waals surface area (Å²) in [6.07, 6.45) is -0.386. The Labute approximate surface area is 118 Å². The lowest BCUT2D eigenvalue weighted by Crippen LogP contribution is -2.61. The molecule has 1 aliphatic rings. The van der Waals surface area contributed by atoms with E-state index in [2.05, 4.69) is 10.6 Å². The molecule has 1 fully saturated rings. The van der Waals surface area contributed by atoms with Gasteiger partial charge in [-0.3, -0.25) is 9.59 Å². The molecule has 1 saturated heterocycles. The number of amides is 3. The molecular weight excluding hydrogens is 262 g/mol. The van der Waals surface area contributed by atoms with Crippen LogP contribution in [-0.2, 0) is 9.59 Å². The zero-order valence-corrected chi connectivity index (χ0v) is 12.4. The van der Waals surface area contributed by atoms with E-state index in [1.807, 2.05) is 27.7 Å². The molecule has 0 radical (unpaired) electrons. The number of aliphatic carboxylic acids is 1. The third-order valence-electron chi connectivity index (χ3n) is 3.60. The van der Waals surface area contributed by atoms with Gasteiger partial charge >= 0.3 is 12.0 Å². The fourth-order valence-electron chi connectivity index (χ4n) is 1.81. The number of nitrogens with one attached hydrogen (secondary N) is 2. The third kappa shape index (κ3) is 4.11. The SMILES string of the molecule is CC(NC(=O)N1CCNC(=O)C1CC(=O)O)C(C)(C)C. The van der Waals surface area contributed by atoms with Crippen LogP contribution in [0.4, 0.5) is 4.79 Å². The van der Waals surface area contributed by atoms with E-state index < -0.39 is 23.9 Å². The second-order valence-electron chi connectivity index (χ2n) is 6.14. The van der Waals surface area contributed by atoms with Crippen molar-refractivity contribution in [3.05, 3.63) is 0 Å². The average molecular weight is 285 g/mol. The Bertz CT molecular complexity index is 403. The summed E-state index contributed by atoms with van der Waals surface area (Å²) in [5.41, 5.74) is -0.115. The molecule has 2 unspecified atom stereocenters. The van der Waals surface area contributed by atoms with Crippen LogP contribution in [0.1, 0.15) is 34.1 Å². The number of hydrogen-bond acceptors (Lipinski definition) is 3. The van der Waals surface area contributed by atoms with E-state index >= 15 is 0 Å². The first-order valence-corrected chi connectivity index (χ1v) is 6.69. The number of hydrogen-bond donors (Lipinski definition) is 3. The fourth-order valence-corrected chi connectivity index (χ4v) is 1.81. The number of carboxylic acids is 1. The van der Waals surface area contributed by atoms with Gasteiger partial charge in [0.15, 0.2) is 0 Å². The quantitative estimate of drug-likeness (QED) is 0.699. The highest BCUT2D eigenvalue weighted by Crippen LogP contribution is 2.19. The maximum absolute atomic E-state index is 12.2. The molecule has 0 saturated carbocycles. The molecule has 114 valence electrons. The third-order valence-corrected chi connectivity index (χ3v) is 3.60. The molecule has 1 heterocycles. The molecule has 20 heavy (non-hydrogen) atoms. The zero-order valence-electron chi connectivity index (χ0n) is 12.4. The van der Waals surface area contributed by atoms with Crippen LogP contribution in [0.3, 0.4) is 0 Å². The van der Waals surface area contributed by atoms with E-state index in [0.717, 1.165) is 0 Å². The minimum Gasteiger partial charge on any atom is -0.481 e. The highest BCUT2D eigenvalue weighted by atomic mass is 16.4. The van der Waals surface area contributed by atoms with Crippen molar-refractivity contribution < 1.29 is 19.5 Å². The summed E-state index contributed by atoms with van der Waals surface area (Å²) in [7, 11) is 0. The number of carbonyl (C=O) groups excluding carboxylic acids is 2. The van der Waals surface area contributed by atoms with Crippen LogP contribution >= 0.6 is 0 Å². The van der Waals surface area contributed by atoms with Crippen LogP contribution in [0.25, 0.3) is 0 Å². The summed E-state index contributed by atoms with van der Waals surface area (Å²) in [6, 6.07) is -1.44. The second kappa shape index (κ2) is 6.11. The van der Waals surface area contributed by atoms with Crippen molar-refractivity contribution in [3.8, 4) is 0 Å². The van der Waals surface area contributed by atoms with Gasteiger partial charge in [-0.2, -0.15) is 0 Å². The Morgan fingerprint density at radius 2 is 2.10 bits per heavy atom. The highest BCUT2D eigenvalue weighted by Gasteiger charge is 2.35. The van der Waals surface area contributed by atoms with Crippen LogP contribution in [0, 0.1) is 5.41 Å². The number of piperazine rings is 1. The lowest BCUT2D eigenvalue weighted by molar-refractivity contribution is -0.142. The minimum absolute atomic E-state index is 0.0922. The van der Waals surface area contributed by atoms with Crippen molar-refractivity contribution in [2.75, 3.05) is 13.1 Å². The fraction of sp³-hybridized carbons (Fsp3) is 0.769. The molecule has 0 bridgehead atoms. The Hall–Kier alpha value is -1.79. The first-order valence-electron chi connectivity index (χ1n) is 6.69. The number of nitrogens with zero attached hydrogens (tertiary/aromatic N) is 1. The maximum Gasteiger partial charge on any atom is 0.318 e. The van der Waals surface area contributed by atoms with E-state index in [1.165, 1.54) is 4.90 Å². The minimum atomic E-state index is -1.10. The molecule has 1 aliphatic heterocycles. The van der Waals surface area contributed by atoms with Crippen molar-refractivity contribution in [2.45, 2.75) is 46.2 Å². The normalized spacial score (nSPS) is 21.1. The molecule has 0 aliphatic carbocycles. The first kappa shape index (κ1) is 16.3. The molecule has 7 heteroatoms. The van der Waals surface area contributed by atoms with Gasteiger partial charge in [0.25, 0.3) is 0 Å². The van der Waals surface area contributed by atoms with Gasteiger partial charge in [-0.05, 0) is 12.3 Å². The monoisotopic (exact) mass is 285 g/mol. The number of carbonyl (C=O) groups is 3. The molecule has 7 nitrogen and oxygen atoms in total. The lowest BCUT2D eigenvalue weighted by Gasteiger charge is -2.37. The summed E-state index contributed by atoms with van der Waals surface area (Å²) in [5.74, 6) is -1.52. The van der Waals surface area contributed by atoms with Crippen molar-refractivity contribution in [2.24, 2.45) is 5.41 Å². The second-order valence-corrected chi connectivity index (χ2v) is 6.14. The smallest absolute Gasteiger partial charge is 0.318 e. The number of rotatable bonds is 3. The molecular formula is C13H23N3O4. The van der Waals surface area contributed by atoms with Gasteiger partial charge in [0.05, 0.1) is 6.42 Å². The topological polar surface area (TPSA) is 98.7 Å². The summed E-state index contributed by atoms with van der Waals surface area (Å²) >= 11 is 0. The van der Waals surface area contributed by atoms with Gasteiger partial charge in [0, 0.05) is 19.1 Å². The number of urea groups is 1. The van der Waals surface area contributed by atoms with Gasteiger partial charge in [-0.15, -0.1) is 0 Å². The van der Waals surface area contributed by atoms with E-state index in [-0.39, 0.29) is 17.9 Å². The van der Waals surface area contributed by atoms with E-state index in [4.69, 9.17) is 5.11 Å². The van der Waals surface area contributed by atoms with E-state index in [0.29, 0.717) is 13.1 Å². The van der Waals surface area contributed by atoms with Crippen molar-refractivity contribution >= 4 is 17.9 Å². The zero-order chi connectivity index (χ0) is 15.5. The molecule has 3 amide bonds. The molecule has 1 rings (SSSR count). The van der Waals surface area contributed by atoms with Crippen LogP contribution < -0.4 is 10.6 Å². The molecule has 0 aromatic rings. The summed E-state index contributed by atoms with van der Waals surface area (Å²) in [6.45, 7) is 8.52. The summed E-state index contributed by atoms with van der Waals surface area (Å²) in [5, 5.41) is 14.3. The van der Waals surface area contributed by atoms with Crippen LogP contribution in [0.15, 0.2) is 0 Å². The molecule has 3 N–H and O–H groups in total. The van der Waals surface area contributed by atoms with Crippen LogP contribution in [-0.4, -0.2) is 53.1 Å². The van der Waals surface area contributed by atoms with Crippen LogP contribution in [0.2, 0.25) is 0 Å². The van der Waals surface area contributed by atoms with Gasteiger partial charge in [0.2, 0.25) is 5.91 Å². The number of carboxylic acid groups (broad SMARTS) is 1. The predicted molar refractivity (Wildman–Crippen MR) is 73.2 cm³/mol. The van der Waals surface area contributed by atoms with E-state index in [9.17, 15) is 14.4 Å². The van der Waals surface area contributed by atoms with E-state index in [1.54, 1.807) is 0 Å². The molecule has 0 spiro atoms. The predicted octanol–water partition coefficient (Wildman–Crippen LogP) is 0.406. The Balaban J connectivity index is 2.77. The van der Waals surface area contributed by atoms with Crippen molar-refractivity contribution in [1.82, 2.24) is 15.5 Å². The Morgan fingerprint density at radius 1 is 1.50 bits per heavy atom. The molecule has 0 aromatic heterocycles. The van der Waals surface area contributed by atoms with Gasteiger partial charge in [-0.1, -0.05) is 20.8 Å². The summed E-state index contributed by atoms with van der Waals surface area (Å²) in [4.78, 5) is 36.1. The van der Waals surface area contributed by atoms with Crippen LogP contribution in [0.5, 0.6) is 0 Å². The summed E-state index contributed by atoms with van der Waals surface area (Å²) < 4.78 is 0.